The number of imidazole rings is 1. The lowest BCUT2D eigenvalue weighted by molar-refractivity contribution is 0.876. The molecule has 4 rings (SSSR count). The first-order valence-electron chi connectivity index (χ1n) is 7.53. The van der Waals surface area contributed by atoms with Crippen LogP contribution in [0.2, 0.25) is 10.0 Å². The number of halogens is 3. The van der Waals surface area contributed by atoms with E-state index in [1.807, 2.05) is 29.8 Å². The minimum Gasteiger partial charge on any atom is -0.329 e. The summed E-state index contributed by atoms with van der Waals surface area (Å²) in [5, 5.41) is 1.86. The Labute approximate surface area is 158 Å². The first-order chi connectivity index (χ1) is 12.0. The van der Waals surface area contributed by atoms with Gasteiger partial charge in [-0.3, -0.25) is 9.36 Å². The van der Waals surface area contributed by atoms with Gasteiger partial charge >= 0.3 is 0 Å². The van der Waals surface area contributed by atoms with Gasteiger partial charge in [0.2, 0.25) is 0 Å². The fourth-order valence-electron chi connectivity index (χ4n) is 3.10. The molecule has 0 radical (unpaired) electrons. The van der Waals surface area contributed by atoms with Gasteiger partial charge in [-0.05, 0) is 30.3 Å². The number of hydrogen-bond donors (Lipinski definition) is 0. The topological polar surface area (TPSA) is 39.8 Å². The molecule has 0 bridgehead atoms. The van der Waals surface area contributed by atoms with Gasteiger partial charge in [0, 0.05) is 17.5 Å². The minimum absolute atomic E-state index is 0.214. The molecule has 126 valence electrons. The van der Waals surface area contributed by atoms with Crippen LogP contribution in [-0.2, 0) is 12.9 Å². The first kappa shape index (κ1) is 16.5. The molecule has 4 nitrogen and oxygen atoms in total. The molecular formula is C18H12Cl3N3O. The molecule has 7 heteroatoms. The SMILES string of the molecule is Cn1c(CCl)nc2c(=O)n(-c3ccccc3Cl)c3cc(Cl)ccc3c21. The van der Waals surface area contributed by atoms with Gasteiger partial charge in [-0.15, -0.1) is 11.6 Å². The standard InChI is InChI=1S/C18H12Cl3N3O/c1-23-15(9-19)22-16-17(23)11-7-6-10(20)8-14(11)24(18(16)25)13-5-3-2-4-12(13)21/h2-8H,9H2,1H3. The molecule has 0 aliphatic heterocycles. The van der Waals surface area contributed by atoms with Gasteiger partial charge in [-0.1, -0.05) is 35.3 Å². The number of pyridine rings is 1. The molecule has 0 saturated carbocycles. The highest BCUT2D eigenvalue weighted by molar-refractivity contribution is 6.33. The van der Waals surface area contributed by atoms with Crippen LogP contribution >= 0.6 is 34.8 Å². The maximum absolute atomic E-state index is 13.2. The van der Waals surface area contributed by atoms with Crippen molar-refractivity contribution in [3.8, 4) is 5.69 Å². The highest BCUT2D eigenvalue weighted by Gasteiger charge is 2.19. The van der Waals surface area contributed by atoms with E-state index in [4.69, 9.17) is 34.8 Å². The number of fused-ring (bicyclic) bond motifs is 3. The third-order valence-corrected chi connectivity index (χ3v) is 5.06. The number of aromatic nitrogens is 3. The number of rotatable bonds is 2. The smallest absolute Gasteiger partial charge is 0.283 e. The Morgan fingerprint density at radius 2 is 1.88 bits per heavy atom. The molecule has 2 aromatic carbocycles. The van der Waals surface area contributed by atoms with Crippen LogP contribution in [0.15, 0.2) is 47.3 Å². The molecule has 2 heterocycles. The molecule has 25 heavy (non-hydrogen) atoms. The Kier molecular flexibility index (Phi) is 3.99. The van der Waals surface area contributed by atoms with E-state index < -0.39 is 0 Å². The van der Waals surface area contributed by atoms with Crippen molar-refractivity contribution in [2.45, 2.75) is 5.88 Å². The Morgan fingerprint density at radius 1 is 1.12 bits per heavy atom. The van der Waals surface area contributed by atoms with Crippen molar-refractivity contribution in [1.82, 2.24) is 14.1 Å². The molecule has 2 aromatic heterocycles. The van der Waals surface area contributed by atoms with Crippen molar-refractivity contribution in [1.29, 1.82) is 0 Å². The van der Waals surface area contributed by atoms with Gasteiger partial charge in [0.1, 0.15) is 5.82 Å². The van der Waals surface area contributed by atoms with E-state index in [2.05, 4.69) is 4.98 Å². The minimum atomic E-state index is -0.259. The Hall–Kier alpha value is -2.01. The number of alkyl halides is 1. The van der Waals surface area contributed by atoms with Crippen LogP contribution in [0.5, 0.6) is 0 Å². The van der Waals surface area contributed by atoms with E-state index in [0.717, 1.165) is 10.9 Å². The van der Waals surface area contributed by atoms with Crippen molar-refractivity contribution in [3.05, 3.63) is 68.7 Å². The largest absolute Gasteiger partial charge is 0.329 e. The van der Waals surface area contributed by atoms with Crippen LogP contribution in [0.3, 0.4) is 0 Å². The summed E-state index contributed by atoms with van der Waals surface area (Å²) in [6, 6.07) is 12.6. The zero-order valence-corrected chi connectivity index (χ0v) is 15.4. The van der Waals surface area contributed by atoms with Crippen LogP contribution in [0, 0.1) is 0 Å². The fraction of sp³-hybridized carbons (Fsp3) is 0.111. The van der Waals surface area contributed by atoms with Crippen molar-refractivity contribution in [2.24, 2.45) is 7.05 Å². The Bertz CT molecular complexity index is 1190. The van der Waals surface area contributed by atoms with Crippen molar-refractivity contribution in [3.63, 3.8) is 0 Å². The second-order valence-corrected chi connectivity index (χ2v) is 6.78. The maximum Gasteiger partial charge on any atom is 0.283 e. The summed E-state index contributed by atoms with van der Waals surface area (Å²) in [4.78, 5) is 17.7. The zero-order valence-electron chi connectivity index (χ0n) is 13.1. The molecule has 0 spiro atoms. The second kappa shape index (κ2) is 6.06. The number of aryl methyl sites for hydroxylation is 1. The Balaban J connectivity index is 2.29. The van der Waals surface area contributed by atoms with Crippen LogP contribution in [0.25, 0.3) is 27.6 Å². The van der Waals surface area contributed by atoms with Gasteiger partial charge in [0.15, 0.2) is 5.52 Å². The third kappa shape index (κ3) is 2.44. The van der Waals surface area contributed by atoms with Crippen molar-refractivity contribution in [2.75, 3.05) is 0 Å². The zero-order chi connectivity index (χ0) is 17.7. The molecule has 4 aromatic rings. The van der Waals surface area contributed by atoms with E-state index in [9.17, 15) is 4.79 Å². The number of benzene rings is 2. The number of nitrogens with zero attached hydrogens (tertiary/aromatic N) is 3. The summed E-state index contributed by atoms with van der Waals surface area (Å²) >= 11 is 18.5. The molecule has 0 unspecified atom stereocenters. The van der Waals surface area contributed by atoms with E-state index in [0.29, 0.717) is 32.6 Å². The summed E-state index contributed by atoms with van der Waals surface area (Å²) in [5.74, 6) is 0.841. The van der Waals surface area contributed by atoms with E-state index in [1.165, 1.54) is 0 Å². The molecule has 0 N–H and O–H groups in total. The van der Waals surface area contributed by atoms with Gasteiger partial charge in [-0.2, -0.15) is 0 Å². The van der Waals surface area contributed by atoms with Crippen LogP contribution in [0.4, 0.5) is 0 Å². The summed E-state index contributed by atoms with van der Waals surface area (Å²) in [5.41, 5.74) is 2.08. The van der Waals surface area contributed by atoms with Crippen LogP contribution in [-0.4, -0.2) is 14.1 Å². The maximum atomic E-state index is 13.2. The van der Waals surface area contributed by atoms with Crippen molar-refractivity contribution < 1.29 is 0 Å². The normalized spacial score (nSPS) is 11.5. The molecule has 0 aliphatic rings. The summed E-state index contributed by atoms with van der Waals surface area (Å²) in [7, 11) is 1.85. The fourth-order valence-corrected chi connectivity index (χ4v) is 3.73. The average Bonchev–Trinajstić information content (AvgIpc) is 2.94. The molecule has 0 atom stereocenters. The molecule has 0 aliphatic carbocycles. The Morgan fingerprint density at radius 3 is 2.60 bits per heavy atom. The van der Waals surface area contributed by atoms with E-state index in [1.54, 1.807) is 28.8 Å². The van der Waals surface area contributed by atoms with E-state index >= 15 is 0 Å². The lowest BCUT2D eigenvalue weighted by atomic mass is 10.1. The third-order valence-electron chi connectivity index (χ3n) is 4.26. The van der Waals surface area contributed by atoms with Crippen LogP contribution < -0.4 is 5.56 Å². The second-order valence-electron chi connectivity index (χ2n) is 5.67. The predicted octanol–water partition coefficient (Wildman–Crippen LogP) is 4.92. The summed E-state index contributed by atoms with van der Waals surface area (Å²) in [6.07, 6.45) is 0. The predicted molar refractivity (Wildman–Crippen MR) is 103 cm³/mol. The molecule has 0 amide bonds. The summed E-state index contributed by atoms with van der Waals surface area (Å²) in [6.45, 7) is 0. The highest BCUT2D eigenvalue weighted by atomic mass is 35.5. The van der Waals surface area contributed by atoms with Crippen LogP contribution in [0.1, 0.15) is 5.82 Å². The molecule has 0 fully saturated rings. The van der Waals surface area contributed by atoms with Gasteiger partial charge in [0.05, 0.1) is 27.6 Å². The number of para-hydroxylation sites is 1. The lowest BCUT2D eigenvalue weighted by Crippen LogP contribution is -2.20. The van der Waals surface area contributed by atoms with Crippen molar-refractivity contribution >= 4 is 56.7 Å². The molecule has 0 saturated heterocycles. The lowest BCUT2D eigenvalue weighted by Gasteiger charge is -2.13. The molecular weight excluding hydrogens is 381 g/mol. The van der Waals surface area contributed by atoms with Gasteiger partial charge in [0.25, 0.3) is 5.56 Å². The van der Waals surface area contributed by atoms with Gasteiger partial charge in [-0.25, -0.2) is 4.98 Å². The highest BCUT2D eigenvalue weighted by Crippen LogP contribution is 2.30. The average molecular weight is 393 g/mol. The van der Waals surface area contributed by atoms with E-state index in [-0.39, 0.29) is 11.4 Å². The number of hydrogen-bond acceptors (Lipinski definition) is 2. The summed E-state index contributed by atoms with van der Waals surface area (Å²) < 4.78 is 3.40. The van der Waals surface area contributed by atoms with Gasteiger partial charge < -0.3 is 4.57 Å². The monoisotopic (exact) mass is 391 g/mol. The first-order valence-corrected chi connectivity index (χ1v) is 8.82. The quantitative estimate of drug-likeness (QED) is 0.454.